The van der Waals surface area contributed by atoms with E-state index < -0.39 is 36.1 Å². The summed E-state index contributed by atoms with van der Waals surface area (Å²) in [6, 6.07) is 7.57. The van der Waals surface area contributed by atoms with Crippen molar-refractivity contribution in [3.63, 3.8) is 0 Å². The molecule has 0 aromatic heterocycles. The molecule has 1 aromatic carbocycles. The Hall–Kier alpha value is -2.94. The molecule has 9 heteroatoms. The van der Waals surface area contributed by atoms with Gasteiger partial charge in [0, 0.05) is 13.1 Å². The molecule has 4 amide bonds. The number of benzene rings is 1. The van der Waals surface area contributed by atoms with Crippen molar-refractivity contribution in [3.05, 3.63) is 42.4 Å². The van der Waals surface area contributed by atoms with Crippen LogP contribution in [0.25, 0.3) is 0 Å². The minimum absolute atomic E-state index is 0.0120. The molecule has 0 saturated carbocycles. The van der Waals surface area contributed by atoms with Crippen LogP contribution in [0, 0.1) is 18.4 Å². The summed E-state index contributed by atoms with van der Waals surface area (Å²) < 4.78 is 5.33. The van der Waals surface area contributed by atoms with E-state index in [1.54, 1.807) is 6.54 Å². The van der Waals surface area contributed by atoms with E-state index in [2.05, 4.69) is 5.43 Å². The molecule has 2 fully saturated rings. The normalized spacial score (nSPS) is 19.1. The first-order chi connectivity index (χ1) is 16.7. The lowest BCUT2D eigenvalue weighted by Gasteiger charge is -2.36. The standard InChI is InChI=1S/C26H37N4O5/c1-18(2)15-21(23(32)24-27-29(17-19(3)4)26(34)35-24)30(25(33)28-13-9-6-10-14-28)22(31)16-20-11-7-5-8-12-20/h5,7-8,11-13,18-19,21,24,27H,6,9-10,14-17H2,1-4H3. The van der Waals surface area contributed by atoms with Crippen LogP contribution in [0.1, 0.15) is 58.9 Å². The first-order valence-electron chi connectivity index (χ1n) is 12.4. The maximum absolute atomic E-state index is 13.7. The SMILES string of the molecule is CC(C)CC(C(=O)C1NN(CC(C)C)C(=O)O1)N(C(=O)Cc1ccccc1)C(=O)N1[CH]CCCC1. The van der Waals surface area contributed by atoms with Gasteiger partial charge in [-0.3, -0.25) is 14.5 Å². The quantitative estimate of drug-likeness (QED) is 0.572. The van der Waals surface area contributed by atoms with E-state index >= 15 is 0 Å². The second-order valence-electron chi connectivity index (χ2n) is 10.0. The van der Waals surface area contributed by atoms with Gasteiger partial charge in [-0.1, -0.05) is 58.0 Å². The van der Waals surface area contributed by atoms with Gasteiger partial charge in [0.2, 0.25) is 17.9 Å². The van der Waals surface area contributed by atoms with Crippen molar-refractivity contribution in [2.75, 3.05) is 13.1 Å². The van der Waals surface area contributed by atoms with Gasteiger partial charge in [0.1, 0.15) is 6.04 Å². The van der Waals surface area contributed by atoms with Crippen LogP contribution in [0.15, 0.2) is 30.3 Å². The fraction of sp³-hybridized carbons (Fsp3) is 0.577. The number of urea groups is 1. The summed E-state index contributed by atoms with van der Waals surface area (Å²) in [5.74, 6) is -0.791. The van der Waals surface area contributed by atoms with Gasteiger partial charge >= 0.3 is 12.1 Å². The highest BCUT2D eigenvalue weighted by atomic mass is 16.6. The van der Waals surface area contributed by atoms with E-state index in [0.29, 0.717) is 13.1 Å². The van der Waals surface area contributed by atoms with Crippen LogP contribution in [-0.4, -0.2) is 64.0 Å². The van der Waals surface area contributed by atoms with Gasteiger partial charge in [-0.25, -0.2) is 14.6 Å². The smallest absolute Gasteiger partial charge is 0.420 e. The predicted octanol–water partition coefficient (Wildman–Crippen LogP) is 3.75. The Kier molecular flexibility index (Phi) is 9.26. The molecule has 2 atom stereocenters. The van der Waals surface area contributed by atoms with Crippen molar-refractivity contribution in [2.24, 2.45) is 11.8 Å². The van der Waals surface area contributed by atoms with Crippen LogP contribution in [0.4, 0.5) is 9.59 Å². The van der Waals surface area contributed by atoms with E-state index in [-0.39, 0.29) is 24.7 Å². The molecular formula is C26H37N4O5. The highest BCUT2D eigenvalue weighted by Gasteiger charge is 2.44. The van der Waals surface area contributed by atoms with Crippen LogP contribution >= 0.6 is 0 Å². The number of likely N-dealkylation sites (tertiary alicyclic amines) is 1. The number of nitrogens with one attached hydrogen (secondary N) is 1. The van der Waals surface area contributed by atoms with Crippen molar-refractivity contribution in [2.45, 2.75) is 72.1 Å². The lowest BCUT2D eigenvalue weighted by Crippen LogP contribution is -2.58. The molecule has 1 radical (unpaired) electrons. The van der Waals surface area contributed by atoms with Crippen LogP contribution in [-0.2, 0) is 20.7 Å². The molecule has 9 nitrogen and oxygen atoms in total. The number of rotatable bonds is 9. The van der Waals surface area contributed by atoms with Crippen molar-refractivity contribution >= 4 is 23.8 Å². The Morgan fingerprint density at radius 2 is 1.80 bits per heavy atom. The van der Waals surface area contributed by atoms with Crippen LogP contribution in [0.3, 0.4) is 0 Å². The summed E-state index contributed by atoms with van der Waals surface area (Å²) in [6.45, 7) is 10.4. The molecule has 2 unspecified atom stereocenters. The van der Waals surface area contributed by atoms with Crippen molar-refractivity contribution in [1.29, 1.82) is 0 Å². The number of amides is 4. The molecule has 1 aromatic rings. The fourth-order valence-corrected chi connectivity index (χ4v) is 4.32. The predicted molar refractivity (Wildman–Crippen MR) is 130 cm³/mol. The minimum atomic E-state index is -1.25. The molecule has 3 rings (SSSR count). The third-order valence-corrected chi connectivity index (χ3v) is 5.97. The summed E-state index contributed by atoms with van der Waals surface area (Å²) in [6.07, 6.45) is 0.898. The number of nitrogens with zero attached hydrogens (tertiary/aromatic N) is 3. The first-order valence-corrected chi connectivity index (χ1v) is 12.4. The zero-order valence-corrected chi connectivity index (χ0v) is 21.1. The Bertz CT molecular complexity index is 898. The van der Waals surface area contributed by atoms with E-state index in [9.17, 15) is 19.2 Å². The van der Waals surface area contributed by atoms with Gasteiger partial charge in [-0.05, 0) is 43.1 Å². The summed E-state index contributed by atoms with van der Waals surface area (Å²) in [5, 5.41) is 1.27. The molecule has 2 saturated heterocycles. The molecule has 2 aliphatic rings. The highest BCUT2D eigenvalue weighted by Crippen LogP contribution is 2.23. The number of carbonyl (C=O) groups excluding carboxylic acids is 4. The number of hydrogen-bond donors (Lipinski definition) is 1. The Labute approximate surface area is 207 Å². The van der Waals surface area contributed by atoms with Gasteiger partial charge in [-0.15, -0.1) is 0 Å². The number of imide groups is 1. The van der Waals surface area contributed by atoms with Gasteiger partial charge < -0.3 is 9.64 Å². The van der Waals surface area contributed by atoms with E-state index in [4.69, 9.17) is 4.74 Å². The lowest BCUT2D eigenvalue weighted by atomic mass is 9.97. The third kappa shape index (κ3) is 7.04. The molecular weight excluding hydrogens is 448 g/mol. The van der Waals surface area contributed by atoms with Crippen LogP contribution < -0.4 is 5.43 Å². The Morgan fingerprint density at radius 3 is 2.40 bits per heavy atom. The fourth-order valence-electron chi connectivity index (χ4n) is 4.32. The number of carbonyl (C=O) groups is 4. The Balaban J connectivity index is 1.90. The zero-order chi connectivity index (χ0) is 25.5. The molecule has 0 aliphatic carbocycles. The molecule has 35 heavy (non-hydrogen) atoms. The average molecular weight is 486 g/mol. The number of piperidine rings is 1. The van der Waals surface area contributed by atoms with E-state index in [1.807, 2.05) is 58.0 Å². The van der Waals surface area contributed by atoms with Crippen molar-refractivity contribution in [1.82, 2.24) is 20.2 Å². The molecule has 2 aliphatic heterocycles. The molecule has 1 N–H and O–H groups in total. The molecule has 0 spiro atoms. The summed E-state index contributed by atoms with van der Waals surface area (Å²) in [7, 11) is 0. The topological polar surface area (TPSA) is 99.3 Å². The van der Waals surface area contributed by atoms with Crippen molar-refractivity contribution in [3.8, 4) is 0 Å². The van der Waals surface area contributed by atoms with Gasteiger partial charge in [0.25, 0.3) is 0 Å². The van der Waals surface area contributed by atoms with E-state index in [1.165, 1.54) is 9.91 Å². The Morgan fingerprint density at radius 1 is 1.09 bits per heavy atom. The van der Waals surface area contributed by atoms with E-state index in [0.717, 1.165) is 29.7 Å². The third-order valence-electron chi connectivity index (χ3n) is 5.97. The minimum Gasteiger partial charge on any atom is -0.420 e. The highest BCUT2D eigenvalue weighted by molar-refractivity contribution is 6.02. The second kappa shape index (κ2) is 12.2. The number of cyclic esters (lactones) is 1. The number of ketones is 1. The van der Waals surface area contributed by atoms with Crippen molar-refractivity contribution < 1.29 is 23.9 Å². The number of ether oxygens (including phenoxy) is 1. The molecule has 0 bridgehead atoms. The number of Topliss-reactive ketones (excluding diaryl/α,β-unsaturated/α-hetero) is 1. The first kappa shape index (κ1) is 26.7. The summed E-state index contributed by atoms with van der Waals surface area (Å²) in [4.78, 5) is 55.9. The summed E-state index contributed by atoms with van der Waals surface area (Å²) in [5.41, 5.74) is 3.58. The zero-order valence-electron chi connectivity index (χ0n) is 21.1. The number of hydrazine groups is 1. The van der Waals surface area contributed by atoms with Crippen LogP contribution in [0.2, 0.25) is 0 Å². The maximum Gasteiger partial charge on any atom is 0.426 e. The van der Waals surface area contributed by atoms with Gasteiger partial charge in [-0.2, -0.15) is 5.43 Å². The monoisotopic (exact) mass is 485 g/mol. The number of hydrogen-bond acceptors (Lipinski definition) is 6. The van der Waals surface area contributed by atoms with Gasteiger partial charge in [0.15, 0.2) is 0 Å². The second-order valence-corrected chi connectivity index (χ2v) is 10.0. The van der Waals surface area contributed by atoms with Gasteiger partial charge in [0.05, 0.1) is 13.0 Å². The maximum atomic E-state index is 13.7. The van der Waals surface area contributed by atoms with Crippen LogP contribution in [0.5, 0.6) is 0 Å². The average Bonchev–Trinajstić information content (AvgIpc) is 3.18. The summed E-state index contributed by atoms with van der Waals surface area (Å²) >= 11 is 0. The molecule has 191 valence electrons. The molecule has 2 heterocycles. The largest absolute Gasteiger partial charge is 0.426 e. The lowest BCUT2D eigenvalue weighted by molar-refractivity contribution is -0.141.